The maximum atomic E-state index is 2.39. The van der Waals surface area contributed by atoms with Crippen LogP contribution in [0.4, 0.5) is 0 Å². The lowest BCUT2D eigenvalue weighted by atomic mass is 9.78. The molecule has 0 spiro atoms. The molecule has 3 aliphatic carbocycles. The summed E-state index contributed by atoms with van der Waals surface area (Å²) in [5, 5.41) is 0. The Morgan fingerprint density at radius 2 is 2.31 bits per heavy atom. The molecule has 1 atom stereocenters. The van der Waals surface area contributed by atoms with Crippen LogP contribution in [0.2, 0.25) is 0 Å². The summed E-state index contributed by atoms with van der Waals surface area (Å²) in [6, 6.07) is 0. The Hall–Kier alpha value is -1.04. The van der Waals surface area contributed by atoms with E-state index in [1.807, 2.05) is 0 Å². The van der Waals surface area contributed by atoms with Gasteiger partial charge in [-0.05, 0) is 36.0 Å². The minimum atomic E-state index is 0.712. The van der Waals surface area contributed by atoms with E-state index in [4.69, 9.17) is 0 Å². The van der Waals surface area contributed by atoms with E-state index in [2.05, 4.69) is 36.8 Å². The number of rotatable bonds is 0. The predicted octanol–water partition coefficient (Wildman–Crippen LogP) is 3.35. The third-order valence-corrected chi connectivity index (χ3v) is 3.18. The van der Waals surface area contributed by atoms with Crippen LogP contribution in [-0.4, -0.2) is 0 Å². The van der Waals surface area contributed by atoms with Crippen molar-refractivity contribution in [1.82, 2.24) is 0 Å². The topological polar surface area (TPSA) is 0 Å². The molecular formula is C13H13. The lowest BCUT2D eigenvalue weighted by Crippen LogP contribution is -2.12. The molecule has 0 heterocycles. The summed E-state index contributed by atoms with van der Waals surface area (Å²) >= 11 is 0. The second kappa shape index (κ2) is 2.73. The van der Waals surface area contributed by atoms with Crippen LogP contribution >= 0.6 is 0 Å². The molecule has 0 N–H and O–H groups in total. The average molecular weight is 169 g/mol. The maximum absolute atomic E-state index is 2.39. The van der Waals surface area contributed by atoms with Gasteiger partial charge in [-0.15, -0.1) is 0 Å². The number of hydrogen-bond donors (Lipinski definition) is 0. The minimum Gasteiger partial charge on any atom is -0.0841 e. The molecule has 13 heavy (non-hydrogen) atoms. The number of allylic oxidation sites excluding steroid dienone is 8. The second-order valence-corrected chi connectivity index (χ2v) is 3.93. The zero-order valence-corrected chi connectivity index (χ0v) is 7.66. The van der Waals surface area contributed by atoms with E-state index >= 15 is 0 Å². The van der Waals surface area contributed by atoms with Crippen molar-refractivity contribution in [1.29, 1.82) is 0 Å². The molecule has 0 saturated heterocycles. The molecule has 0 saturated carbocycles. The lowest BCUT2D eigenvalue weighted by molar-refractivity contribution is 0.645. The molecule has 0 heteroatoms. The Morgan fingerprint density at radius 1 is 1.31 bits per heavy atom. The Labute approximate surface area is 79.3 Å². The fraction of sp³-hybridized carbons (Fsp3) is 0.308. The van der Waals surface area contributed by atoms with Crippen molar-refractivity contribution in [3.05, 3.63) is 53.5 Å². The highest BCUT2D eigenvalue weighted by atomic mass is 14.3. The van der Waals surface area contributed by atoms with Gasteiger partial charge in [-0.1, -0.05) is 30.4 Å². The number of hydrogen-bond acceptors (Lipinski definition) is 0. The van der Waals surface area contributed by atoms with Gasteiger partial charge in [0.25, 0.3) is 0 Å². The van der Waals surface area contributed by atoms with Crippen molar-refractivity contribution >= 4 is 0 Å². The summed E-state index contributed by atoms with van der Waals surface area (Å²) in [5.74, 6) is 0.712. The first kappa shape index (κ1) is 7.37. The first-order valence-electron chi connectivity index (χ1n) is 5.07. The van der Waals surface area contributed by atoms with E-state index in [0.717, 1.165) is 6.42 Å². The molecule has 0 bridgehead atoms. The van der Waals surface area contributed by atoms with Crippen LogP contribution in [0.1, 0.15) is 19.3 Å². The first-order valence-corrected chi connectivity index (χ1v) is 5.07. The highest BCUT2D eigenvalue weighted by molar-refractivity contribution is 5.57. The summed E-state index contributed by atoms with van der Waals surface area (Å²) in [6.45, 7) is 0. The zero-order chi connectivity index (χ0) is 8.67. The van der Waals surface area contributed by atoms with Crippen molar-refractivity contribution < 1.29 is 0 Å². The van der Waals surface area contributed by atoms with Crippen LogP contribution in [0, 0.1) is 12.3 Å². The third-order valence-electron chi connectivity index (χ3n) is 3.18. The van der Waals surface area contributed by atoms with Crippen LogP contribution in [-0.2, 0) is 0 Å². The van der Waals surface area contributed by atoms with Gasteiger partial charge < -0.3 is 0 Å². The molecule has 0 aromatic rings. The van der Waals surface area contributed by atoms with Gasteiger partial charge in [-0.2, -0.15) is 0 Å². The SMILES string of the molecule is [CH]1C=CC2=C1C1=CCC=CC1CC2. The van der Waals surface area contributed by atoms with Crippen molar-refractivity contribution in [3.63, 3.8) is 0 Å². The summed E-state index contributed by atoms with van der Waals surface area (Å²) in [6.07, 6.45) is 17.5. The van der Waals surface area contributed by atoms with Gasteiger partial charge in [-0.3, -0.25) is 0 Å². The van der Waals surface area contributed by atoms with Gasteiger partial charge in [0.1, 0.15) is 0 Å². The Kier molecular flexibility index (Phi) is 1.55. The summed E-state index contributed by atoms with van der Waals surface area (Å²) in [5.41, 5.74) is 4.65. The predicted molar refractivity (Wildman–Crippen MR) is 55.0 cm³/mol. The molecule has 1 radical (unpaired) electrons. The molecule has 0 aromatic heterocycles. The van der Waals surface area contributed by atoms with E-state index in [9.17, 15) is 0 Å². The van der Waals surface area contributed by atoms with E-state index in [1.54, 1.807) is 11.1 Å². The van der Waals surface area contributed by atoms with Crippen LogP contribution in [0.15, 0.2) is 47.1 Å². The Balaban J connectivity index is 2.04. The third kappa shape index (κ3) is 1.05. The van der Waals surface area contributed by atoms with Gasteiger partial charge >= 0.3 is 0 Å². The maximum Gasteiger partial charge on any atom is 0.0131 e. The standard InChI is InChI=1S/C13H13/c1-2-6-12-10(4-1)8-9-11-5-3-7-13(11)12/h1,3-7,10H,2,8-9H2. The molecule has 0 aromatic carbocycles. The fourth-order valence-electron chi connectivity index (χ4n) is 2.52. The van der Waals surface area contributed by atoms with Crippen molar-refractivity contribution in [2.24, 2.45) is 5.92 Å². The lowest BCUT2D eigenvalue weighted by Gasteiger charge is -2.27. The molecule has 0 aliphatic heterocycles. The molecule has 65 valence electrons. The highest BCUT2D eigenvalue weighted by Gasteiger charge is 2.25. The quantitative estimate of drug-likeness (QED) is 0.488. The molecule has 0 fully saturated rings. The van der Waals surface area contributed by atoms with Gasteiger partial charge in [0.2, 0.25) is 0 Å². The molecule has 1 unspecified atom stereocenters. The molecule has 0 amide bonds. The summed E-state index contributed by atoms with van der Waals surface area (Å²) < 4.78 is 0. The molecule has 0 nitrogen and oxygen atoms in total. The van der Waals surface area contributed by atoms with Crippen LogP contribution in [0.25, 0.3) is 0 Å². The molecular weight excluding hydrogens is 156 g/mol. The van der Waals surface area contributed by atoms with E-state index in [1.165, 1.54) is 18.4 Å². The fourth-order valence-corrected chi connectivity index (χ4v) is 2.52. The van der Waals surface area contributed by atoms with E-state index < -0.39 is 0 Å². The first-order chi connectivity index (χ1) is 6.45. The number of fused-ring (bicyclic) bond motifs is 2. The minimum absolute atomic E-state index is 0.712. The van der Waals surface area contributed by atoms with Crippen LogP contribution in [0.5, 0.6) is 0 Å². The normalized spacial score (nSPS) is 30.2. The zero-order valence-electron chi connectivity index (χ0n) is 7.66. The Morgan fingerprint density at radius 3 is 3.31 bits per heavy atom. The monoisotopic (exact) mass is 169 g/mol. The molecule has 3 rings (SSSR count). The van der Waals surface area contributed by atoms with Crippen molar-refractivity contribution in [2.75, 3.05) is 0 Å². The van der Waals surface area contributed by atoms with Gasteiger partial charge in [0.15, 0.2) is 0 Å². The van der Waals surface area contributed by atoms with Gasteiger partial charge in [-0.25, -0.2) is 0 Å². The van der Waals surface area contributed by atoms with Crippen molar-refractivity contribution in [2.45, 2.75) is 19.3 Å². The summed E-state index contributed by atoms with van der Waals surface area (Å²) in [7, 11) is 0. The van der Waals surface area contributed by atoms with Gasteiger partial charge in [0, 0.05) is 12.3 Å². The average Bonchev–Trinajstić information content (AvgIpc) is 2.65. The van der Waals surface area contributed by atoms with Gasteiger partial charge in [0.05, 0.1) is 0 Å². The van der Waals surface area contributed by atoms with Crippen LogP contribution in [0.3, 0.4) is 0 Å². The summed E-state index contributed by atoms with van der Waals surface area (Å²) in [4.78, 5) is 0. The smallest absolute Gasteiger partial charge is 0.0131 e. The second-order valence-electron chi connectivity index (χ2n) is 3.93. The Bertz CT molecular complexity index is 350. The van der Waals surface area contributed by atoms with Crippen LogP contribution < -0.4 is 0 Å². The molecule has 3 aliphatic rings. The van der Waals surface area contributed by atoms with Crippen molar-refractivity contribution in [3.8, 4) is 0 Å². The largest absolute Gasteiger partial charge is 0.0841 e. The van der Waals surface area contributed by atoms with E-state index in [-0.39, 0.29) is 0 Å². The highest BCUT2D eigenvalue weighted by Crippen LogP contribution is 2.41. The van der Waals surface area contributed by atoms with E-state index in [0.29, 0.717) is 5.92 Å².